The number of carbonyl (C=O) groups is 1. The second-order valence-electron chi connectivity index (χ2n) is 6.31. The van der Waals surface area contributed by atoms with Gasteiger partial charge in [-0.1, -0.05) is 12.1 Å². The van der Waals surface area contributed by atoms with E-state index < -0.39 is 18.2 Å². The summed E-state index contributed by atoms with van der Waals surface area (Å²) in [6.07, 6.45) is 2.66. The van der Waals surface area contributed by atoms with E-state index in [4.69, 9.17) is 15.6 Å². The van der Waals surface area contributed by atoms with E-state index in [0.717, 1.165) is 0 Å². The van der Waals surface area contributed by atoms with Gasteiger partial charge in [0.2, 0.25) is 0 Å². The molecule has 1 fully saturated rings. The van der Waals surface area contributed by atoms with Crippen LogP contribution in [0.2, 0.25) is 0 Å². The molecule has 5 nitrogen and oxygen atoms in total. The lowest BCUT2D eigenvalue weighted by atomic mass is 10.2. The standard InChI is InChI=1S/C11H16N2.C6H12O3/c12-9-10-3-5-11(6-4-10)13-7-1-2-8-13;1-6(2,3)9-5(8)4-7/h3-6H,1-2,7-9,12H2;7H,4H2,1-3H3. The second-order valence-corrected chi connectivity index (χ2v) is 6.31. The quantitative estimate of drug-likeness (QED) is 0.836. The van der Waals surface area contributed by atoms with Crippen LogP contribution in [0.3, 0.4) is 0 Å². The summed E-state index contributed by atoms with van der Waals surface area (Å²) in [6.45, 7) is 7.77. The Morgan fingerprint density at radius 1 is 1.23 bits per heavy atom. The number of nitrogens with two attached hydrogens (primary N) is 1. The zero-order chi connectivity index (χ0) is 16.6. The number of benzene rings is 1. The number of aliphatic hydroxyl groups is 1. The van der Waals surface area contributed by atoms with Gasteiger partial charge >= 0.3 is 5.97 Å². The van der Waals surface area contributed by atoms with E-state index in [9.17, 15) is 4.79 Å². The molecule has 1 saturated heterocycles. The van der Waals surface area contributed by atoms with Crippen molar-refractivity contribution in [3.05, 3.63) is 29.8 Å². The summed E-state index contributed by atoms with van der Waals surface area (Å²) in [5, 5.41) is 8.22. The smallest absolute Gasteiger partial charge is 0.332 e. The van der Waals surface area contributed by atoms with E-state index in [1.54, 1.807) is 20.8 Å². The van der Waals surface area contributed by atoms with Gasteiger partial charge in [-0.05, 0) is 51.3 Å². The molecule has 0 spiro atoms. The minimum absolute atomic E-state index is 0.486. The predicted molar refractivity (Wildman–Crippen MR) is 88.7 cm³/mol. The van der Waals surface area contributed by atoms with E-state index >= 15 is 0 Å². The molecule has 0 aliphatic carbocycles. The fourth-order valence-corrected chi connectivity index (χ4v) is 2.19. The Kier molecular flexibility index (Phi) is 7.35. The monoisotopic (exact) mass is 308 g/mol. The highest BCUT2D eigenvalue weighted by molar-refractivity contribution is 5.70. The number of ether oxygens (including phenoxy) is 1. The normalized spacial score (nSPS) is 14.3. The summed E-state index contributed by atoms with van der Waals surface area (Å²) >= 11 is 0. The molecule has 1 aromatic rings. The van der Waals surface area contributed by atoms with Crippen LogP contribution in [0.15, 0.2) is 24.3 Å². The van der Waals surface area contributed by atoms with Gasteiger partial charge in [-0.15, -0.1) is 0 Å². The van der Waals surface area contributed by atoms with Crippen molar-refractivity contribution in [3.8, 4) is 0 Å². The lowest BCUT2D eigenvalue weighted by Crippen LogP contribution is -2.25. The Hall–Kier alpha value is -1.59. The van der Waals surface area contributed by atoms with Gasteiger partial charge < -0.3 is 20.5 Å². The van der Waals surface area contributed by atoms with Crippen LogP contribution >= 0.6 is 0 Å². The van der Waals surface area contributed by atoms with Crippen molar-refractivity contribution in [2.45, 2.75) is 45.8 Å². The second kappa shape index (κ2) is 8.76. The number of rotatable bonds is 3. The van der Waals surface area contributed by atoms with Crippen LogP contribution in [0.4, 0.5) is 5.69 Å². The number of anilines is 1. The van der Waals surface area contributed by atoms with E-state index in [2.05, 4.69) is 29.2 Å². The number of hydrogen-bond donors (Lipinski definition) is 2. The molecule has 0 saturated carbocycles. The first-order valence-electron chi connectivity index (χ1n) is 7.72. The molecule has 0 amide bonds. The average Bonchev–Trinajstić information content (AvgIpc) is 3.00. The zero-order valence-corrected chi connectivity index (χ0v) is 13.8. The zero-order valence-electron chi connectivity index (χ0n) is 13.8. The predicted octanol–water partition coefficient (Wildman–Crippen LogP) is 2.07. The summed E-state index contributed by atoms with van der Waals surface area (Å²) in [5.74, 6) is -0.581. The van der Waals surface area contributed by atoms with Crippen LogP contribution in [0.5, 0.6) is 0 Å². The summed E-state index contributed by atoms with van der Waals surface area (Å²) in [7, 11) is 0. The molecule has 0 atom stereocenters. The van der Waals surface area contributed by atoms with Gasteiger partial charge in [-0.3, -0.25) is 0 Å². The average molecular weight is 308 g/mol. The van der Waals surface area contributed by atoms with E-state index in [1.807, 2.05) is 0 Å². The molecule has 124 valence electrons. The number of hydrogen-bond acceptors (Lipinski definition) is 5. The van der Waals surface area contributed by atoms with Gasteiger partial charge in [0.1, 0.15) is 12.2 Å². The molecule has 0 bridgehead atoms. The molecule has 5 heteroatoms. The molecule has 1 aliphatic heterocycles. The topological polar surface area (TPSA) is 75.8 Å². The minimum atomic E-state index is -0.581. The number of aliphatic hydroxyl groups excluding tert-OH is 1. The van der Waals surface area contributed by atoms with Gasteiger partial charge in [0, 0.05) is 25.3 Å². The first-order chi connectivity index (χ1) is 10.4. The lowest BCUT2D eigenvalue weighted by molar-refractivity contribution is -0.158. The van der Waals surface area contributed by atoms with Crippen molar-refractivity contribution >= 4 is 11.7 Å². The van der Waals surface area contributed by atoms with Gasteiger partial charge in [-0.2, -0.15) is 0 Å². The van der Waals surface area contributed by atoms with Crippen molar-refractivity contribution in [1.29, 1.82) is 0 Å². The van der Waals surface area contributed by atoms with Crippen molar-refractivity contribution in [1.82, 2.24) is 0 Å². The highest BCUT2D eigenvalue weighted by Gasteiger charge is 2.14. The third-order valence-corrected chi connectivity index (χ3v) is 3.19. The Balaban J connectivity index is 0.000000239. The molecule has 1 aromatic carbocycles. The van der Waals surface area contributed by atoms with E-state index in [-0.39, 0.29) is 0 Å². The summed E-state index contributed by atoms with van der Waals surface area (Å²) in [5.41, 5.74) is 7.61. The molecular formula is C17H28N2O3. The van der Waals surface area contributed by atoms with Gasteiger partial charge in [0.05, 0.1) is 0 Å². The Labute approximate surface area is 133 Å². The minimum Gasteiger partial charge on any atom is -0.458 e. The third kappa shape index (κ3) is 6.91. The molecule has 3 N–H and O–H groups in total. The van der Waals surface area contributed by atoms with E-state index in [1.165, 1.54) is 37.2 Å². The van der Waals surface area contributed by atoms with Crippen molar-refractivity contribution < 1.29 is 14.6 Å². The largest absolute Gasteiger partial charge is 0.458 e. The van der Waals surface area contributed by atoms with Gasteiger partial charge in [0.15, 0.2) is 0 Å². The number of esters is 1. The molecule has 0 radical (unpaired) electrons. The molecule has 0 aromatic heterocycles. The molecule has 22 heavy (non-hydrogen) atoms. The van der Waals surface area contributed by atoms with Gasteiger partial charge in [-0.25, -0.2) is 4.79 Å². The number of nitrogens with zero attached hydrogens (tertiary/aromatic N) is 1. The van der Waals surface area contributed by atoms with Crippen LogP contribution in [0.1, 0.15) is 39.2 Å². The fourth-order valence-electron chi connectivity index (χ4n) is 2.19. The molecule has 1 heterocycles. The van der Waals surface area contributed by atoms with E-state index in [0.29, 0.717) is 6.54 Å². The third-order valence-electron chi connectivity index (χ3n) is 3.19. The first-order valence-corrected chi connectivity index (χ1v) is 7.72. The Morgan fingerprint density at radius 3 is 2.14 bits per heavy atom. The van der Waals surface area contributed by atoms with Crippen molar-refractivity contribution in [2.75, 3.05) is 24.6 Å². The van der Waals surface area contributed by atoms with Gasteiger partial charge in [0.25, 0.3) is 0 Å². The molecule has 2 rings (SSSR count). The highest BCUT2D eigenvalue weighted by atomic mass is 16.6. The summed E-state index contributed by atoms with van der Waals surface area (Å²) in [6, 6.07) is 8.59. The van der Waals surface area contributed by atoms with Crippen LogP contribution < -0.4 is 10.6 Å². The highest BCUT2D eigenvalue weighted by Crippen LogP contribution is 2.20. The maximum absolute atomic E-state index is 10.4. The molecule has 0 unspecified atom stereocenters. The Morgan fingerprint density at radius 2 is 1.77 bits per heavy atom. The van der Waals surface area contributed by atoms with Crippen LogP contribution in [0.25, 0.3) is 0 Å². The lowest BCUT2D eigenvalue weighted by Gasteiger charge is -2.18. The summed E-state index contributed by atoms with van der Waals surface area (Å²) < 4.78 is 4.70. The summed E-state index contributed by atoms with van der Waals surface area (Å²) in [4.78, 5) is 12.8. The maximum atomic E-state index is 10.4. The van der Waals surface area contributed by atoms with Crippen LogP contribution in [-0.4, -0.2) is 36.4 Å². The van der Waals surface area contributed by atoms with Crippen molar-refractivity contribution in [2.24, 2.45) is 5.73 Å². The Bertz CT molecular complexity index is 446. The van der Waals surface area contributed by atoms with Crippen LogP contribution in [0, 0.1) is 0 Å². The molecule has 1 aliphatic rings. The SMILES string of the molecule is CC(C)(C)OC(=O)CO.NCc1ccc(N2CCCC2)cc1. The maximum Gasteiger partial charge on any atom is 0.332 e. The van der Waals surface area contributed by atoms with Crippen molar-refractivity contribution in [3.63, 3.8) is 0 Å². The van der Waals surface area contributed by atoms with Crippen LogP contribution in [-0.2, 0) is 16.1 Å². The fraction of sp³-hybridized carbons (Fsp3) is 0.588. The molecular weight excluding hydrogens is 280 g/mol. The number of carbonyl (C=O) groups excluding carboxylic acids is 1. The first kappa shape index (κ1) is 18.5.